The molecule has 0 aromatic heterocycles. The molecule has 0 spiro atoms. The molecule has 106 valence electrons. The zero-order chi connectivity index (χ0) is 14.5. The number of aliphatic hydroxyl groups excluding tert-OH is 1. The second-order valence-electron chi connectivity index (χ2n) is 4.79. The van der Waals surface area contributed by atoms with Gasteiger partial charge in [0.25, 0.3) is 0 Å². The highest BCUT2D eigenvalue weighted by Gasteiger charge is 2.10. The van der Waals surface area contributed by atoms with Crippen LogP contribution in [0.3, 0.4) is 0 Å². The van der Waals surface area contributed by atoms with Crippen LogP contribution in [0.5, 0.6) is 0 Å². The van der Waals surface area contributed by atoms with E-state index >= 15 is 0 Å². The Morgan fingerprint density at radius 1 is 1.20 bits per heavy atom. The molecule has 0 amide bonds. The molecule has 3 N–H and O–H groups in total. The van der Waals surface area contributed by atoms with Gasteiger partial charge in [-0.2, -0.15) is 0 Å². The van der Waals surface area contributed by atoms with Crippen LogP contribution in [0.15, 0.2) is 36.4 Å². The molecule has 0 bridgehead atoms. The number of aromatic carboxylic acids is 1. The topological polar surface area (TPSA) is 69.6 Å². The Bertz CT molecular complexity index is 610. The minimum atomic E-state index is -0.922. The Kier molecular flexibility index (Phi) is 4.58. The highest BCUT2D eigenvalue weighted by atomic mass is 16.4. The Morgan fingerprint density at radius 2 is 1.90 bits per heavy atom. The van der Waals surface area contributed by atoms with Gasteiger partial charge >= 0.3 is 5.97 Å². The minimum absolute atomic E-state index is 0.299. The lowest BCUT2D eigenvalue weighted by atomic mass is 10.0. The largest absolute Gasteiger partial charge is 0.478 e. The van der Waals surface area contributed by atoms with Crippen molar-refractivity contribution < 1.29 is 15.0 Å². The van der Waals surface area contributed by atoms with Gasteiger partial charge in [0.05, 0.1) is 11.7 Å². The molecule has 0 aliphatic carbocycles. The summed E-state index contributed by atoms with van der Waals surface area (Å²) in [6.07, 6.45) is 1.11. The maximum Gasteiger partial charge on any atom is 0.336 e. The van der Waals surface area contributed by atoms with E-state index in [9.17, 15) is 15.0 Å². The molecule has 0 aliphatic rings. The van der Waals surface area contributed by atoms with E-state index in [4.69, 9.17) is 0 Å². The highest BCUT2D eigenvalue weighted by molar-refractivity contribution is 6.07. The standard InChI is InChI=1S/C16H19NO3/c1-2-11(18)9-10-17-15-8-7-14(16(19)20)12-5-3-4-6-13(12)15/h3-8,11,17-18H,2,9-10H2,1H3,(H,19,20). The highest BCUT2D eigenvalue weighted by Crippen LogP contribution is 2.26. The summed E-state index contributed by atoms with van der Waals surface area (Å²) in [6.45, 7) is 2.60. The number of aliphatic hydroxyl groups is 1. The Labute approximate surface area is 118 Å². The number of anilines is 1. The first-order valence-corrected chi connectivity index (χ1v) is 6.80. The number of rotatable bonds is 6. The summed E-state index contributed by atoms with van der Waals surface area (Å²) in [5.74, 6) is -0.922. The fourth-order valence-corrected chi connectivity index (χ4v) is 2.22. The molecule has 0 radical (unpaired) electrons. The summed E-state index contributed by atoms with van der Waals surface area (Å²) in [4.78, 5) is 11.2. The lowest BCUT2D eigenvalue weighted by molar-refractivity contribution is 0.0699. The first-order valence-electron chi connectivity index (χ1n) is 6.80. The summed E-state index contributed by atoms with van der Waals surface area (Å²) in [7, 11) is 0. The molecule has 0 saturated heterocycles. The second kappa shape index (κ2) is 6.39. The number of carbonyl (C=O) groups is 1. The Hall–Kier alpha value is -2.07. The first kappa shape index (κ1) is 14.3. The number of hydrogen-bond acceptors (Lipinski definition) is 3. The van der Waals surface area contributed by atoms with Gasteiger partial charge in [-0.1, -0.05) is 31.2 Å². The van der Waals surface area contributed by atoms with Crippen molar-refractivity contribution in [1.29, 1.82) is 0 Å². The predicted octanol–water partition coefficient (Wildman–Crippen LogP) is 3.11. The summed E-state index contributed by atoms with van der Waals surface area (Å²) >= 11 is 0. The maximum absolute atomic E-state index is 11.2. The van der Waals surface area contributed by atoms with Gasteiger partial charge in [0.2, 0.25) is 0 Å². The van der Waals surface area contributed by atoms with Crippen molar-refractivity contribution in [3.8, 4) is 0 Å². The van der Waals surface area contributed by atoms with Crippen LogP contribution in [0.4, 0.5) is 5.69 Å². The zero-order valence-electron chi connectivity index (χ0n) is 11.5. The number of hydrogen-bond donors (Lipinski definition) is 3. The Balaban J connectivity index is 2.27. The Morgan fingerprint density at radius 3 is 2.55 bits per heavy atom. The van der Waals surface area contributed by atoms with E-state index in [-0.39, 0.29) is 6.10 Å². The fourth-order valence-electron chi connectivity index (χ4n) is 2.22. The SMILES string of the molecule is CCC(O)CCNc1ccc(C(=O)O)c2ccccc12. The predicted molar refractivity (Wildman–Crippen MR) is 80.3 cm³/mol. The van der Waals surface area contributed by atoms with Crippen molar-refractivity contribution in [2.24, 2.45) is 0 Å². The normalized spacial score (nSPS) is 12.3. The molecule has 2 aromatic rings. The van der Waals surface area contributed by atoms with Crippen LogP contribution in [0.25, 0.3) is 10.8 Å². The molecular formula is C16H19NO3. The van der Waals surface area contributed by atoms with Crippen LogP contribution in [0.2, 0.25) is 0 Å². The van der Waals surface area contributed by atoms with Crippen LogP contribution < -0.4 is 5.32 Å². The number of carboxylic acids is 1. The van der Waals surface area contributed by atoms with Crippen molar-refractivity contribution in [2.45, 2.75) is 25.9 Å². The first-order chi connectivity index (χ1) is 9.63. The van der Waals surface area contributed by atoms with Crippen molar-refractivity contribution in [3.05, 3.63) is 42.0 Å². The van der Waals surface area contributed by atoms with Crippen molar-refractivity contribution in [2.75, 3.05) is 11.9 Å². The van der Waals surface area contributed by atoms with Crippen LogP contribution in [-0.4, -0.2) is 28.8 Å². The molecule has 1 atom stereocenters. The molecule has 2 aromatic carbocycles. The third-order valence-corrected chi connectivity index (χ3v) is 3.42. The number of fused-ring (bicyclic) bond motifs is 1. The smallest absolute Gasteiger partial charge is 0.336 e. The van der Waals surface area contributed by atoms with E-state index < -0.39 is 5.97 Å². The van der Waals surface area contributed by atoms with E-state index in [0.717, 1.165) is 22.9 Å². The number of nitrogens with one attached hydrogen (secondary N) is 1. The molecule has 4 heteroatoms. The van der Waals surface area contributed by atoms with Crippen LogP contribution in [0.1, 0.15) is 30.1 Å². The van der Waals surface area contributed by atoms with Crippen molar-refractivity contribution in [3.63, 3.8) is 0 Å². The van der Waals surface area contributed by atoms with E-state index in [1.807, 2.05) is 31.2 Å². The average molecular weight is 273 g/mol. The molecule has 2 rings (SSSR count). The van der Waals surface area contributed by atoms with Gasteiger partial charge in [-0.25, -0.2) is 4.79 Å². The number of carboxylic acid groups (broad SMARTS) is 1. The van der Waals surface area contributed by atoms with Gasteiger partial charge in [-0.3, -0.25) is 0 Å². The summed E-state index contributed by atoms with van der Waals surface area (Å²) in [5, 5.41) is 23.6. The second-order valence-corrected chi connectivity index (χ2v) is 4.79. The lowest BCUT2D eigenvalue weighted by Crippen LogP contribution is -2.12. The van der Waals surface area contributed by atoms with Gasteiger partial charge in [-0.05, 0) is 30.4 Å². The van der Waals surface area contributed by atoms with Crippen molar-refractivity contribution in [1.82, 2.24) is 0 Å². The summed E-state index contributed by atoms with van der Waals surface area (Å²) in [5.41, 5.74) is 1.20. The minimum Gasteiger partial charge on any atom is -0.478 e. The molecule has 0 saturated carbocycles. The maximum atomic E-state index is 11.2. The molecule has 0 aliphatic heterocycles. The van der Waals surface area contributed by atoms with Crippen molar-refractivity contribution >= 4 is 22.4 Å². The molecule has 0 heterocycles. The quantitative estimate of drug-likeness (QED) is 0.756. The van der Waals surface area contributed by atoms with Crippen LogP contribution >= 0.6 is 0 Å². The van der Waals surface area contributed by atoms with Gasteiger partial charge in [-0.15, -0.1) is 0 Å². The van der Waals surface area contributed by atoms with E-state index in [1.54, 1.807) is 12.1 Å². The van der Waals surface area contributed by atoms with E-state index in [0.29, 0.717) is 18.5 Å². The van der Waals surface area contributed by atoms with Crippen LogP contribution in [-0.2, 0) is 0 Å². The molecule has 20 heavy (non-hydrogen) atoms. The monoisotopic (exact) mass is 273 g/mol. The molecule has 4 nitrogen and oxygen atoms in total. The fraction of sp³-hybridized carbons (Fsp3) is 0.312. The molecule has 0 fully saturated rings. The third kappa shape index (κ3) is 3.08. The zero-order valence-corrected chi connectivity index (χ0v) is 11.5. The average Bonchev–Trinajstić information content (AvgIpc) is 2.46. The third-order valence-electron chi connectivity index (χ3n) is 3.42. The lowest BCUT2D eigenvalue weighted by Gasteiger charge is -2.13. The summed E-state index contributed by atoms with van der Waals surface area (Å²) in [6, 6.07) is 10.8. The van der Waals surface area contributed by atoms with Crippen LogP contribution in [0, 0.1) is 0 Å². The summed E-state index contributed by atoms with van der Waals surface area (Å²) < 4.78 is 0. The van der Waals surface area contributed by atoms with E-state index in [1.165, 1.54) is 0 Å². The van der Waals surface area contributed by atoms with Gasteiger partial charge in [0.1, 0.15) is 0 Å². The number of benzene rings is 2. The van der Waals surface area contributed by atoms with Gasteiger partial charge < -0.3 is 15.5 Å². The van der Waals surface area contributed by atoms with E-state index in [2.05, 4.69) is 5.32 Å². The van der Waals surface area contributed by atoms with Gasteiger partial charge in [0, 0.05) is 17.6 Å². The molecular weight excluding hydrogens is 254 g/mol. The van der Waals surface area contributed by atoms with Gasteiger partial charge in [0.15, 0.2) is 0 Å². The molecule has 1 unspecified atom stereocenters.